The first-order valence-electron chi connectivity index (χ1n) is 10.4. The van der Waals surface area contributed by atoms with Crippen molar-refractivity contribution in [2.24, 2.45) is 0 Å². The number of rotatable bonds is 3. The minimum atomic E-state index is 0.511. The van der Waals surface area contributed by atoms with Gasteiger partial charge in [-0.3, -0.25) is 0 Å². The molecule has 3 aromatic heterocycles. The van der Waals surface area contributed by atoms with E-state index in [0.717, 1.165) is 38.9 Å². The van der Waals surface area contributed by atoms with E-state index in [0.29, 0.717) is 11.7 Å². The van der Waals surface area contributed by atoms with Crippen molar-refractivity contribution in [1.82, 2.24) is 19.5 Å². The van der Waals surface area contributed by atoms with Crippen molar-refractivity contribution >= 4 is 27.8 Å². The Morgan fingerprint density at radius 3 is 2.57 bits per heavy atom. The molecule has 0 saturated heterocycles. The molecule has 1 aliphatic carbocycles. The van der Waals surface area contributed by atoms with Crippen molar-refractivity contribution < 1.29 is 0 Å². The zero-order valence-electron chi connectivity index (χ0n) is 16.5. The van der Waals surface area contributed by atoms with Gasteiger partial charge in [-0.15, -0.1) is 0 Å². The van der Waals surface area contributed by atoms with Crippen LogP contribution in [0.5, 0.6) is 0 Å². The van der Waals surface area contributed by atoms with Gasteiger partial charge in [0.15, 0.2) is 5.82 Å². The predicted molar refractivity (Wildman–Crippen MR) is 121 cm³/mol. The molecule has 0 bridgehead atoms. The molecule has 2 aromatic carbocycles. The number of pyridine rings is 1. The molecule has 0 aliphatic heterocycles. The van der Waals surface area contributed by atoms with Crippen molar-refractivity contribution in [3.8, 4) is 16.9 Å². The molecule has 1 aliphatic rings. The van der Waals surface area contributed by atoms with Crippen LogP contribution >= 0.6 is 0 Å². The molecule has 3 heterocycles. The van der Waals surface area contributed by atoms with Gasteiger partial charge in [0.2, 0.25) is 0 Å². The van der Waals surface area contributed by atoms with Gasteiger partial charge < -0.3 is 10.3 Å². The van der Waals surface area contributed by atoms with Gasteiger partial charge in [-0.2, -0.15) is 0 Å². The molecule has 5 aromatic rings. The number of aromatic nitrogens is 4. The number of nitrogens with two attached hydrogens (primary N) is 1. The van der Waals surface area contributed by atoms with E-state index in [-0.39, 0.29) is 0 Å². The molecule has 1 saturated carbocycles. The molecular formula is C25H21N5. The van der Waals surface area contributed by atoms with Crippen molar-refractivity contribution in [1.29, 1.82) is 0 Å². The number of hydrogen-bond acceptors (Lipinski definition) is 4. The summed E-state index contributed by atoms with van der Waals surface area (Å²) in [5.41, 5.74) is 13.5. The number of fused-ring (bicyclic) bond motifs is 2. The number of nitrogens with zero attached hydrogens (tertiary/aromatic N) is 4. The average molecular weight is 391 g/mol. The lowest BCUT2D eigenvalue weighted by Crippen LogP contribution is -2.08. The Balaban J connectivity index is 1.53. The Labute approximate surface area is 174 Å². The lowest BCUT2D eigenvalue weighted by Gasteiger charge is -2.24. The normalized spacial score (nSPS) is 14.3. The molecule has 0 spiro atoms. The van der Waals surface area contributed by atoms with Crippen LogP contribution < -0.4 is 5.73 Å². The van der Waals surface area contributed by atoms with E-state index in [2.05, 4.69) is 63.2 Å². The maximum absolute atomic E-state index is 6.29. The number of hydrogen-bond donors (Lipinski definition) is 1. The highest BCUT2D eigenvalue weighted by atomic mass is 15.0. The van der Waals surface area contributed by atoms with Crippen molar-refractivity contribution in [2.45, 2.75) is 25.2 Å². The second-order valence-corrected chi connectivity index (χ2v) is 7.98. The fourth-order valence-electron chi connectivity index (χ4n) is 4.35. The first-order valence-corrected chi connectivity index (χ1v) is 10.4. The highest BCUT2D eigenvalue weighted by Crippen LogP contribution is 2.41. The van der Waals surface area contributed by atoms with Crippen LogP contribution in [0.15, 0.2) is 73.2 Å². The minimum Gasteiger partial charge on any atom is -0.382 e. The molecule has 2 N–H and O–H groups in total. The summed E-state index contributed by atoms with van der Waals surface area (Å²) in [5, 5.41) is 1.11. The summed E-state index contributed by atoms with van der Waals surface area (Å²) >= 11 is 0. The molecule has 0 unspecified atom stereocenters. The maximum Gasteiger partial charge on any atom is 0.151 e. The van der Waals surface area contributed by atoms with Gasteiger partial charge >= 0.3 is 0 Å². The van der Waals surface area contributed by atoms with Gasteiger partial charge in [-0.05, 0) is 42.5 Å². The Kier molecular flexibility index (Phi) is 3.81. The fraction of sp³-hybridized carbons (Fsp3) is 0.160. The molecule has 1 fully saturated rings. The zero-order valence-corrected chi connectivity index (χ0v) is 16.5. The van der Waals surface area contributed by atoms with Crippen LogP contribution in [-0.2, 0) is 0 Å². The third-order valence-electron chi connectivity index (χ3n) is 6.20. The first-order chi connectivity index (χ1) is 14.8. The molecule has 0 amide bonds. The predicted octanol–water partition coefficient (Wildman–Crippen LogP) is 5.49. The molecular weight excluding hydrogens is 370 g/mol. The van der Waals surface area contributed by atoms with Crippen LogP contribution in [0, 0.1) is 0 Å². The van der Waals surface area contributed by atoms with Gasteiger partial charge in [0.05, 0.1) is 16.7 Å². The second-order valence-electron chi connectivity index (χ2n) is 7.98. The zero-order chi connectivity index (χ0) is 20.1. The summed E-state index contributed by atoms with van der Waals surface area (Å²) in [6, 6.07) is 20.8. The summed E-state index contributed by atoms with van der Waals surface area (Å²) in [6.45, 7) is 0. The standard InChI is InChI=1S/C25H21N5/c26-25-24-23(27-15-28-25)20(16-7-4-8-16)14-30(24)19-11-9-18-10-12-21(29-22(18)13-19)17-5-2-1-3-6-17/h1-3,5-6,9-16H,4,7-8H2,(H2,26,27,28). The van der Waals surface area contributed by atoms with Crippen molar-refractivity contribution in [3.63, 3.8) is 0 Å². The largest absolute Gasteiger partial charge is 0.382 e. The summed E-state index contributed by atoms with van der Waals surface area (Å²) in [6.07, 6.45) is 7.46. The third kappa shape index (κ3) is 2.66. The third-order valence-corrected chi connectivity index (χ3v) is 6.20. The fourth-order valence-corrected chi connectivity index (χ4v) is 4.35. The van der Waals surface area contributed by atoms with E-state index in [9.17, 15) is 0 Å². The number of anilines is 1. The molecule has 146 valence electrons. The molecule has 0 atom stereocenters. The lowest BCUT2D eigenvalue weighted by atomic mass is 9.81. The number of nitrogen functional groups attached to an aromatic ring is 1. The monoisotopic (exact) mass is 391 g/mol. The summed E-state index contributed by atoms with van der Waals surface area (Å²) < 4.78 is 2.13. The van der Waals surface area contributed by atoms with Crippen molar-refractivity contribution in [2.75, 3.05) is 5.73 Å². The Hall–Kier alpha value is -3.73. The first kappa shape index (κ1) is 17.2. The lowest BCUT2D eigenvalue weighted by molar-refractivity contribution is 0.421. The topological polar surface area (TPSA) is 69.6 Å². The van der Waals surface area contributed by atoms with Crippen molar-refractivity contribution in [3.05, 3.63) is 78.8 Å². The van der Waals surface area contributed by atoms with Gasteiger partial charge in [0, 0.05) is 22.8 Å². The minimum absolute atomic E-state index is 0.511. The van der Waals surface area contributed by atoms with E-state index in [1.165, 1.54) is 24.8 Å². The van der Waals surface area contributed by atoms with E-state index in [1.54, 1.807) is 6.33 Å². The van der Waals surface area contributed by atoms with Crippen LogP contribution in [0.3, 0.4) is 0 Å². The SMILES string of the molecule is Nc1ncnc2c(C3CCC3)cn(-c3ccc4ccc(-c5ccccc5)nc4c3)c12. The van der Waals surface area contributed by atoms with Gasteiger partial charge in [-0.1, -0.05) is 48.9 Å². The smallest absolute Gasteiger partial charge is 0.151 e. The van der Waals surface area contributed by atoms with Crippen LogP contribution in [0.2, 0.25) is 0 Å². The Morgan fingerprint density at radius 2 is 1.77 bits per heavy atom. The van der Waals surface area contributed by atoms with E-state index in [4.69, 9.17) is 10.7 Å². The summed E-state index contributed by atoms with van der Waals surface area (Å²) in [4.78, 5) is 13.8. The molecule has 30 heavy (non-hydrogen) atoms. The van der Waals surface area contributed by atoms with Crippen LogP contribution in [-0.4, -0.2) is 19.5 Å². The molecule has 5 nitrogen and oxygen atoms in total. The maximum atomic E-state index is 6.29. The van der Waals surface area contributed by atoms with Gasteiger partial charge in [0.25, 0.3) is 0 Å². The molecule has 5 heteroatoms. The summed E-state index contributed by atoms with van der Waals surface area (Å²) in [5.74, 6) is 1.07. The van der Waals surface area contributed by atoms with E-state index in [1.807, 2.05) is 18.2 Å². The Morgan fingerprint density at radius 1 is 0.933 bits per heavy atom. The highest BCUT2D eigenvalue weighted by Gasteiger charge is 2.26. The van der Waals surface area contributed by atoms with Gasteiger partial charge in [0.1, 0.15) is 11.8 Å². The average Bonchev–Trinajstić information content (AvgIpc) is 3.13. The number of benzene rings is 2. The highest BCUT2D eigenvalue weighted by molar-refractivity contribution is 5.91. The van der Waals surface area contributed by atoms with E-state index < -0.39 is 0 Å². The van der Waals surface area contributed by atoms with Crippen LogP contribution in [0.1, 0.15) is 30.7 Å². The van der Waals surface area contributed by atoms with Crippen LogP contribution in [0.25, 0.3) is 38.9 Å². The van der Waals surface area contributed by atoms with E-state index >= 15 is 0 Å². The molecule has 6 rings (SSSR count). The molecule has 0 radical (unpaired) electrons. The van der Waals surface area contributed by atoms with Gasteiger partial charge in [-0.25, -0.2) is 15.0 Å². The Bertz CT molecular complexity index is 1380. The second kappa shape index (κ2) is 6.66. The summed E-state index contributed by atoms with van der Waals surface area (Å²) in [7, 11) is 0. The quantitative estimate of drug-likeness (QED) is 0.442. The van der Waals surface area contributed by atoms with Crippen LogP contribution in [0.4, 0.5) is 5.82 Å².